The Balaban J connectivity index is 2.62. The molecule has 0 saturated heterocycles. The fraction of sp³-hybridized carbons (Fsp3) is 0.636. The van der Waals surface area contributed by atoms with Crippen molar-refractivity contribution in [3.63, 3.8) is 0 Å². The highest BCUT2D eigenvalue weighted by Crippen LogP contribution is 2.18. The summed E-state index contributed by atoms with van der Waals surface area (Å²) in [5, 5.41) is 3.23. The van der Waals surface area contributed by atoms with Gasteiger partial charge in [-0.15, -0.1) is 0 Å². The summed E-state index contributed by atoms with van der Waals surface area (Å²) in [7, 11) is 5.24. The van der Waals surface area contributed by atoms with Crippen LogP contribution in [0.15, 0.2) is 12.4 Å². The number of hydrogen-bond donors (Lipinski definition) is 1. The lowest BCUT2D eigenvalue weighted by atomic mass is 10.1. The Kier molecular flexibility index (Phi) is 5.74. The van der Waals surface area contributed by atoms with Crippen LogP contribution in [-0.4, -0.2) is 37.8 Å². The Morgan fingerprint density at radius 1 is 1.38 bits per heavy atom. The van der Waals surface area contributed by atoms with Crippen LogP contribution in [0.5, 0.6) is 5.88 Å². The van der Waals surface area contributed by atoms with Gasteiger partial charge in [0.25, 0.3) is 0 Å². The minimum absolute atomic E-state index is 0.215. The van der Waals surface area contributed by atoms with Crippen LogP contribution in [0.1, 0.15) is 24.6 Å². The number of ether oxygens (including phenoxy) is 2. The Hall–Kier alpha value is -1.20. The second-order valence-corrected chi connectivity index (χ2v) is 3.46. The van der Waals surface area contributed by atoms with E-state index in [1.54, 1.807) is 14.2 Å². The maximum Gasteiger partial charge on any atom is 0.216 e. The van der Waals surface area contributed by atoms with E-state index in [9.17, 15) is 0 Å². The molecule has 1 atom stereocenters. The van der Waals surface area contributed by atoms with Crippen molar-refractivity contribution in [3.8, 4) is 5.88 Å². The molecular weight excluding hydrogens is 206 g/mol. The van der Waals surface area contributed by atoms with E-state index in [1.807, 2.05) is 13.1 Å². The van der Waals surface area contributed by atoms with Gasteiger partial charge in [0.2, 0.25) is 5.88 Å². The van der Waals surface area contributed by atoms with Gasteiger partial charge in [0.05, 0.1) is 12.8 Å². The molecule has 5 heteroatoms. The summed E-state index contributed by atoms with van der Waals surface area (Å²) in [6.07, 6.45) is 3.49. The van der Waals surface area contributed by atoms with Crippen LogP contribution in [0.25, 0.3) is 0 Å². The SMILES string of the molecule is CNC(CCCOC)c1cc(OC)ncn1. The molecule has 0 aromatic carbocycles. The first-order chi connectivity index (χ1) is 7.81. The molecular formula is C11H19N3O2. The van der Waals surface area contributed by atoms with Crippen molar-refractivity contribution in [2.24, 2.45) is 0 Å². The summed E-state index contributed by atoms with van der Waals surface area (Å²) in [4.78, 5) is 8.23. The van der Waals surface area contributed by atoms with Gasteiger partial charge in [0, 0.05) is 25.8 Å². The molecule has 0 aliphatic heterocycles. The number of rotatable bonds is 7. The van der Waals surface area contributed by atoms with E-state index >= 15 is 0 Å². The lowest BCUT2D eigenvalue weighted by molar-refractivity contribution is 0.189. The number of nitrogens with one attached hydrogen (secondary N) is 1. The Morgan fingerprint density at radius 3 is 2.81 bits per heavy atom. The minimum Gasteiger partial charge on any atom is -0.481 e. The second kappa shape index (κ2) is 7.14. The molecule has 0 spiro atoms. The predicted octanol–water partition coefficient (Wildman–Crippen LogP) is 1.17. The molecule has 1 rings (SSSR count). The average Bonchev–Trinajstić information content (AvgIpc) is 2.35. The van der Waals surface area contributed by atoms with Crippen molar-refractivity contribution >= 4 is 0 Å². The molecule has 0 bridgehead atoms. The van der Waals surface area contributed by atoms with Crippen LogP contribution >= 0.6 is 0 Å². The second-order valence-electron chi connectivity index (χ2n) is 3.46. The summed E-state index contributed by atoms with van der Waals surface area (Å²) in [5.74, 6) is 0.594. The highest BCUT2D eigenvalue weighted by molar-refractivity contribution is 5.16. The lowest BCUT2D eigenvalue weighted by Gasteiger charge is -2.15. The molecule has 0 saturated carbocycles. The minimum atomic E-state index is 0.215. The monoisotopic (exact) mass is 225 g/mol. The molecule has 0 amide bonds. The van der Waals surface area contributed by atoms with Crippen LogP contribution < -0.4 is 10.1 Å². The van der Waals surface area contributed by atoms with Crippen molar-refractivity contribution in [2.75, 3.05) is 27.9 Å². The summed E-state index contributed by atoms with van der Waals surface area (Å²) < 4.78 is 10.1. The van der Waals surface area contributed by atoms with Crippen LogP contribution in [0, 0.1) is 0 Å². The largest absolute Gasteiger partial charge is 0.481 e. The van der Waals surface area contributed by atoms with Crippen molar-refractivity contribution in [1.82, 2.24) is 15.3 Å². The maximum absolute atomic E-state index is 5.07. The van der Waals surface area contributed by atoms with E-state index in [-0.39, 0.29) is 6.04 Å². The Bertz CT molecular complexity index is 307. The van der Waals surface area contributed by atoms with Gasteiger partial charge in [-0.3, -0.25) is 0 Å². The zero-order chi connectivity index (χ0) is 11.8. The highest BCUT2D eigenvalue weighted by atomic mass is 16.5. The van der Waals surface area contributed by atoms with Crippen molar-refractivity contribution < 1.29 is 9.47 Å². The highest BCUT2D eigenvalue weighted by Gasteiger charge is 2.11. The topological polar surface area (TPSA) is 56.3 Å². The molecule has 1 N–H and O–H groups in total. The van der Waals surface area contributed by atoms with Gasteiger partial charge in [0.15, 0.2) is 0 Å². The molecule has 5 nitrogen and oxygen atoms in total. The predicted molar refractivity (Wildman–Crippen MR) is 61.5 cm³/mol. The van der Waals surface area contributed by atoms with Crippen molar-refractivity contribution in [2.45, 2.75) is 18.9 Å². The van der Waals surface area contributed by atoms with Gasteiger partial charge in [-0.2, -0.15) is 0 Å². The molecule has 90 valence electrons. The third kappa shape index (κ3) is 3.75. The van der Waals surface area contributed by atoms with Gasteiger partial charge in [-0.1, -0.05) is 0 Å². The molecule has 0 aliphatic carbocycles. The summed E-state index contributed by atoms with van der Waals surface area (Å²) in [5.41, 5.74) is 0.949. The normalized spacial score (nSPS) is 12.4. The van der Waals surface area contributed by atoms with Crippen LogP contribution in [0.2, 0.25) is 0 Å². The molecule has 1 aromatic heterocycles. The number of methoxy groups -OCH3 is 2. The first-order valence-corrected chi connectivity index (χ1v) is 5.34. The van der Waals surface area contributed by atoms with Gasteiger partial charge in [0.1, 0.15) is 6.33 Å². The molecule has 16 heavy (non-hydrogen) atoms. The van der Waals surface area contributed by atoms with E-state index in [4.69, 9.17) is 9.47 Å². The van der Waals surface area contributed by atoms with Gasteiger partial charge < -0.3 is 14.8 Å². The van der Waals surface area contributed by atoms with Gasteiger partial charge in [-0.05, 0) is 19.9 Å². The number of aromatic nitrogens is 2. The van der Waals surface area contributed by atoms with E-state index in [2.05, 4.69) is 15.3 Å². The van der Waals surface area contributed by atoms with Crippen molar-refractivity contribution in [3.05, 3.63) is 18.1 Å². The van der Waals surface area contributed by atoms with E-state index < -0.39 is 0 Å². The fourth-order valence-corrected chi connectivity index (χ4v) is 1.53. The van der Waals surface area contributed by atoms with E-state index in [1.165, 1.54) is 6.33 Å². The molecule has 0 fully saturated rings. The Morgan fingerprint density at radius 2 is 2.19 bits per heavy atom. The molecule has 0 aliphatic rings. The van der Waals surface area contributed by atoms with Gasteiger partial charge >= 0.3 is 0 Å². The first kappa shape index (κ1) is 12.9. The third-order valence-electron chi connectivity index (χ3n) is 2.42. The van der Waals surface area contributed by atoms with E-state index in [0.29, 0.717) is 5.88 Å². The lowest BCUT2D eigenvalue weighted by Crippen LogP contribution is -2.18. The standard InChI is InChI=1S/C11H19N3O2/c1-12-9(5-4-6-15-2)10-7-11(16-3)14-8-13-10/h7-9,12H,4-6H2,1-3H3. The Labute approximate surface area is 96.2 Å². The molecule has 1 heterocycles. The maximum atomic E-state index is 5.07. The van der Waals surface area contributed by atoms with Crippen LogP contribution in [0.3, 0.4) is 0 Å². The number of nitrogens with zero attached hydrogens (tertiary/aromatic N) is 2. The zero-order valence-corrected chi connectivity index (χ0v) is 10.1. The molecule has 1 unspecified atom stereocenters. The van der Waals surface area contributed by atoms with Crippen LogP contribution in [-0.2, 0) is 4.74 Å². The van der Waals surface area contributed by atoms with Gasteiger partial charge in [-0.25, -0.2) is 9.97 Å². The number of hydrogen-bond acceptors (Lipinski definition) is 5. The summed E-state index contributed by atoms with van der Waals surface area (Å²) >= 11 is 0. The van der Waals surface area contributed by atoms with E-state index in [0.717, 1.165) is 25.1 Å². The smallest absolute Gasteiger partial charge is 0.216 e. The fourth-order valence-electron chi connectivity index (χ4n) is 1.53. The third-order valence-corrected chi connectivity index (χ3v) is 2.42. The van der Waals surface area contributed by atoms with Crippen LogP contribution in [0.4, 0.5) is 0 Å². The first-order valence-electron chi connectivity index (χ1n) is 5.34. The zero-order valence-electron chi connectivity index (χ0n) is 10.1. The molecule has 0 radical (unpaired) electrons. The summed E-state index contributed by atoms with van der Waals surface area (Å²) in [6, 6.07) is 2.07. The van der Waals surface area contributed by atoms with Crippen molar-refractivity contribution in [1.29, 1.82) is 0 Å². The summed E-state index contributed by atoms with van der Waals surface area (Å²) in [6.45, 7) is 0.764. The quantitative estimate of drug-likeness (QED) is 0.706. The molecule has 1 aromatic rings. The average molecular weight is 225 g/mol.